The molecular formula is C20H16FN3O3. The first kappa shape index (κ1) is 17.0. The van der Waals surface area contributed by atoms with E-state index in [4.69, 9.17) is 4.74 Å². The molecule has 0 radical (unpaired) electrons. The molecule has 7 heteroatoms. The average Bonchev–Trinajstić information content (AvgIpc) is 3.30. The van der Waals surface area contributed by atoms with E-state index in [2.05, 4.69) is 10.3 Å². The highest BCUT2D eigenvalue weighted by atomic mass is 19.1. The number of hydrogen-bond donors (Lipinski definition) is 1. The van der Waals surface area contributed by atoms with E-state index < -0.39 is 17.9 Å². The van der Waals surface area contributed by atoms with Gasteiger partial charge in [0.05, 0.1) is 24.0 Å². The van der Waals surface area contributed by atoms with Crippen LogP contribution >= 0.6 is 0 Å². The van der Waals surface area contributed by atoms with Crippen LogP contribution in [-0.2, 0) is 16.1 Å². The lowest BCUT2D eigenvalue weighted by Crippen LogP contribution is -2.24. The van der Waals surface area contributed by atoms with Gasteiger partial charge in [-0.25, -0.2) is 14.2 Å². The number of nitrogens with zero attached hydrogens (tertiary/aromatic N) is 2. The summed E-state index contributed by atoms with van der Waals surface area (Å²) in [4.78, 5) is 27.9. The molecule has 2 aromatic carbocycles. The number of halogens is 1. The van der Waals surface area contributed by atoms with Crippen LogP contribution < -0.4 is 5.32 Å². The molecule has 4 rings (SSSR count). The van der Waals surface area contributed by atoms with E-state index in [1.807, 2.05) is 0 Å². The molecule has 0 saturated carbocycles. The van der Waals surface area contributed by atoms with Crippen LogP contribution in [0, 0.1) is 5.82 Å². The summed E-state index contributed by atoms with van der Waals surface area (Å²) in [5, 5.41) is 2.74. The SMILES string of the molecule is O=C(C[C@@H]1OC(=O)c2ccccc21)NCc1ccc(-n2ccnc2)c(F)c1. The van der Waals surface area contributed by atoms with Crippen molar-refractivity contribution in [2.45, 2.75) is 19.1 Å². The van der Waals surface area contributed by atoms with Crippen molar-refractivity contribution in [3.8, 4) is 5.69 Å². The molecule has 0 unspecified atom stereocenters. The zero-order valence-corrected chi connectivity index (χ0v) is 14.3. The molecule has 27 heavy (non-hydrogen) atoms. The van der Waals surface area contributed by atoms with Crippen molar-refractivity contribution in [3.63, 3.8) is 0 Å². The number of carbonyl (C=O) groups excluding carboxylic acids is 2. The topological polar surface area (TPSA) is 73.2 Å². The zero-order valence-electron chi connectivity index (χ0n) is 14.3. The van der Waals surface area contributed by atoms with Crippen LogP contribution in [0.2, 0.25) is 0 Å². The number of carbonyl (C=O) groups is 2. The largest absolute Gasteiger partial charge is 0.453 e. The molecule has 1 atom stereocenters. The maximum Gasteiger partial charge on any atom is 0.339 e. The maximum absolute atomic E-state index is 14.3. The zero-order chi connectivity index (χ0) is 18.8. The van der Waals surface area contributed by atoms with Crippen molar-refractivity contribution in [3.05, 3.63) is 83.7 Å². The summed E-state index contributed by atoms with van der Waals surface area (Å²) in [5.74, 6) is -1.09. The van der Waals surface area contributed by atoms with E-state index in [1.54, 1.807) is 53.4 Å². The van der Waals surface area contributed by atoms with Crippen molar-refractivity contribution in [2.75, 3.05) is 0 Å². The molecule has 3 aromatic rings. The number of nitrogens with one attached hydrogen (secondary N) is 1. The van der Waals surface area contributed by atoms with Crippen LogP contribution in [0.1, 0.15) is 34.0 Å². The summed E-state index contributed by atoms with van der Waals surface area (Å²) >= 11 is 0. The van der Waals surface area contributed by atoms with Gasteiger partial charge in [-0.1, -0.05) is 24.3 Å². The van der Waals surface area contributed by atoms with Gasteiger partial charge in [0.25, 0.3) is 0 Å². The van der Waals surface area contributed by atoms with Crippen molar-refractivity contribution >= 4 is 11.9 Å². The Kier molecular flexibility index (Phi) is 4.42. The number of amides is 1. The summed E-state index contributed by atoms with van der Waals surface area (Å²) in [6.45, 7) is 0.183. The third-order valence-electron chi connectivity index (χ3n) is 4.43. The summed E-state index contributed by atoms with van der Waals surface area (Å²) in [5.41, 5.74) is 2.23. The third-order valence-corrected chi connectivity index (χ3v) is 4.43. The van der Waals surface area contributed by atoms with Crippen LogP contribution in [0.5, 0.6) is 0 Å². The average molecular weight is 365 g/mol. The number of cyclic esters (lactones) is 1. The van der Waals surface area contributed by atoms with E-state index in [0.29, 0.717) is 22.4 Å². The van der Waals surface area contributed by atoms with Crippen LogP contribution in [0.4, 0.5) is 4.39 Å². The fourth-order valence-corrected chi connectivity index (χ4v) is 3.08. The molecule has 0 saturated heterocycles. The highest BCUT2D eigenvalue weighted by Crippen LogP contribution is 2.32. The molecule has 1 N–H and O–H groups in total. The molecule has 0 bridgehead atoms. The number of rotatable bonds is 5. The molecule has 2 heterocycles. The Bertz CT molecular complexity index is 1000. The van der Waals surface area contributed by atoms with Crippen LogP contribution in [-0.4, -0.2) is 21.4 Å². The first-order valence-electron chi connectivity index (χ1n) is 8.45. The molecule has 0 spiro atoms. The smallest absolute Gasteiger partial charge is 0.339 e. The number of aromatic nitrogens is 2. The van der Waals surface area contributed by atoms with Crippen LogP contribution in [0.15, 0.2) is 61.2 Å². The van der Waals surface area contributed by atoms with Crippen LogP contribution in [0.3, 0.4) is 0 Å². The van der Waals surface area contributed by atoms with Gasteiger partial charge >= 0.3 is 5.97 Å². The van der Waals surface area contributed by atoms with Gasteiger partial charge < -0.3 is 14.6 Å². The van der Waals surface area contributed by atoms with Gasteiger partial charge in [-0.15, -0.1) is 0 Å². The second-order valence-corrected chi connectivity index (χ2v) is 6.22. The lowest BCUT2D eigenvalue weighted by atomic mass is 10.0. The van der Waals surface area contributed by atoms with Gasteiger partial charge in [-0.2, -0.15) is 0 Å². The van der Waals surface area contributed by atoms with Gasteiger partial charge in [0.15, 0.2) is 0 Å². The van der Waals surface area contributed by atoms with Gasteiger partial charge in [0.2, 0.25) is 5.91 Å². The molecule has 1 aromatic heterocycles. The predicted octanol–water partition coefficient (Wildman–Crippen LogP) is 2.93. The summed E-state index contributed by atoms with van der Waals surface area (Å²) < 4.78 is 21.1. The Labute approximate surface area is 154 Å². The molecule has 1 aliphatic heterocycles. The van der Waals surface area contributed by atoms with E-state index in [-0.39, 0.29) is 18.9 Å². The lowest BCUT2D eigenvalue weighted by Gasteiger charge is -2.12. The first-order chi connectivity index (χ1) is 13.1. The van der Waals surface area contributed by atoms with E-state index in [1.165, 1.54) is 12.4 Å². The molecule has 0 aliphatic carbocycles. The summed E-state index contributed by atoms with van der Waals surface area (Å²) in [6.07, 6.45) is 4.18. The lowest BCUT2D eigenvalue weighted by molar-refractivity contribution is -0.123. The summed E-state index contributed by atoms with van der Waals surface area (Å²) in [6, 6.07) is 11.8. The minimum atomic E-state index is -0.589. The van der Waals surface area contributed by atoms with Crippen molar-refractivity contribution in [1.29, 1.82) is 0 Å². The Balaban J connectivity index is 1.38. The number of ether oxygens (including phenoxy) is 1. The number of benzene rings is 2. The standard InChI is InChI=1S/C20H16FN3O3/c21-16-9-13(5-6-17(16)24-8-7-22-12-24)11-23-19(25)10-18-14-3-1-2-4-15(14)20(26)27-18/h1-9,12,18H,10-11H2,(H,23,25)/t18-/m0/s1. The van der Waals surface area contributed by atoms with Gasteiger partial charge in [0, 0.05) is 24.5 Å². The highest BCUT2D eigenvalue weighted by molar-refractivity contribution is 5.94. The van der Waals surface area contributed by atoms with Gasteiger partial charge in [-0.3, -0.25) is 4.79 Å². The van der Waals surface area contributed by atoms with Crippen molar-refractivity contribution in [1.82, 2.24) is 14.9 Å². The van der Waals surface area contributed by atoms with Gasteiger partial charge in [-0.05, 0) is 23.8 Å². The van der Waals surface area contributed by atoms with Gasteiger partial charge in [0.1, 0.15) is 11.9 Å². The number of esters is 1. The molecule has 1 aliphatic rings. The molecule has 1 amide bonds. The van der Waals surface area contributed by atoms with Crippen molar-refractivity contribution < 1.29 is 18.7 Å². The second kappa shape index (κ2) is 7.03. The van der Waals surface area contributed by atoms with E-state index in [9.17, 15) is 14.0 Å². The Hall–Kier alpha value is -3.48. The number of fused-ring (bicyclic) bond motifs is 1. The monoisotopic (exact) mass is 365 g/mol. The maximum atomic E-state index is 14.3. The number of imidazole rings is 1. The molecular weight excluding hydrogens is 349 g/mol. The third kappa shape index (κ3) is 3.44. The summed E-state index contributed by atoms with van der Waals surface area (Å²) in [7, 11) is 0. The number of hydrogen-bond acceptors (Lipinski definition) is 4. The molecule has 0 fully saturated rings. The second-order valence-electron chi connectivity index (χ2n) is 6.22. The normalized spacial score (nSPS) is 15.3. The predicted molar refractivity (Wildman–Crippen MR) is 94.6 cm³/mol. The van der Waals surface area contributed by atoms with Crippen molar-refractivity contribution in [2.24, 2.45) is 0 Å². The highest BCUT2D eigenvalue weighted by Gasteiger charge is 2.31. The Morgan fingerprint density at radius 1 is 1.26 bits per heavy atom. The van der Waals surface area contributed by atoms with E-state index >= 15 is 0 Å². The fourth-order valence-electron chi connectivity index (χ4n) is 3.08. The van der Waals surface area contributed by atoms with Crippen LogP contribution in [0.25, 0.3) is 5.69 Å². The Morgan fingerprint density at radius 3 is 2.89 bits per heavy atom. The minimum absolute atomic E-state index is 0.0261. The minimum Gasteiger partial charge on any atom is -0.453 e. The molecule has 136 valence electrons. The molecule has 6 nitrogen and oxygen atoms in total. The first-order valence-corrected chi connectivity index (χ1v) is 8.45. The fraction of sp³-hybridized carbons (Fsp3) is 0.150. The van der Waals surface area contributed by atoms with E-state index in [0.717, 1.165) is 0 Å². The quantitative estimate of drug-likeness (QED) is 0.706. The Morgan fingerprint density at radius 2 is 2.11 bits per heavy atom.